The quantitative estimate of drug-likeness (QED) is 0.587. The topological polar surface area (TPSA) is 40.5 Å². The van der Waals surface area contributed by atoms with E-state index < -0.39 is 0 Å². The molecule has 0 amide bonds. The predicted molar refractivity (Wildman–Crippen MR) is 67.6 cm³/mol. The Kier molecular flexibility index (Phi) is 3.25. The van der Waals surface area contributed by atoms with Crippen molar-refractivity contribution in [3.63, 3.8) is 0 Å². The molecule has 88 valence electrons. The van der Waals surface area contributed by atoms with E-state index >= 15 is 0 Å². The van der Waals surface area contributed by atoms with Crippen molar-refractivity contribution in [2.24, 2.45) is 0 Å². The molecule has 2 rings (SSSR count). The Hall–Kier alpha value is -1.29. The summed E-state index contributed by atoms with van der Waals surface area (Å²) in [5.41, 5.74) is 2.62. The molecule has 1 atom stereocenters. The molecule has 0 saturated heterocycles. The summed E-state index contributed by atoms with van der Waals surface area (Å²) in [7, 11) is 5.84. The summed E-state index contributed by atoms with van der Waals surface area (Å²) in [6.45, 7) is 5.11. The van der Waals surface area contributed by atoms with Gasteiger partial charge in [0.05, 0.1) is 5.56 Å². The number of rotatable bonds is 1. The number of phenolic OH excluding ortho intramolecular Hbond substituents is 1. The van der Waals surface area contributed by atoms with Gasteiger partial charge in [0.25, 0.3) is 0 Å². The van der Waals surface area contributed by atoms with Gasteiger partial charge in [0, 0.05) is 0 Å². The second-order valence-corrected chi connectivity index (χ2v) is 4.77. The SMILES string of the molecule is [B]N1CCc2cc(O)c(C(C)=O)cc2C(C)C1. The zero-order chi connectivity index (χ0) is 12.6. The fourth-order valence-corrected chi connectivity index (χ4v) is 2.41. The molecule has 0 aliphatic carbocycles. The summed E-state index contributed by atoms with van der Waals surface area (Å²) in [6, 6.07) is 3.53. The molecule has 0 aromatic heterocycles. The van der Waals surface area contributed by atoms with Crippen molar-refractivity contribution in [1.82, 2.24) is 4.81 Å². The average molecular weight is 229 g/mol. The lowest BCUT2D eigenvalue weighted by molar-refractivity contribution is 0.101. The Morgan fingerprint density at radius 3 is 2.88 bits per heavy atom. The van der Waals surface area contributed by atoms with Crippen molar-refractivity contribution < 1.29 is 9.90 Å². The van der Waals surface area contributed by atoms with Crippen LogP contribution in [0.4, 0.5) is 0 Å². The minimum absolute atomic E-state index is 0.0777. The molecule has 3 nitrogen and oxygen atoms in total. The number of aromatic hydroxyl groups is 1. The summed E-state index contributed by atoms with van der Waals surface area (Å²) in [4.78, 5) is 13.2. The lowest BCUT2D eigenvalue weighted by Crippen LogP contribution is -2.24. The van der Waals surface area contributed by atoms with E-state index in [1.165, 1.54) is 6.92 Å². The van der Waals surface area contributed by atoms with Crippen molar-refractivity contribution >= 4 is 13.8 Å². The van der Waals surface area contributed by atoms with Crippen LogP contribution in [0.5, 0.6) is 5.75 Å². The number of ketones is 1. The zero-order valence-corrected chi connectivity index (χ0v) is 10.2. The molecule has 1 aromatic rings. The Bertz CT molecular complexity index is 459. The maximum atomic E-state index is 11.4. The molecule has 17 heavy (non-hydrogen) atoms. The standard InChI is InChI=1S/C13H16BNO2/c1-8-7-15(14)4-3-10-5-13(17)12(9(2)16)6-11(8)10/h5-6,8,17H,3-4,7H2,1-2H3. The van der Waals surface area contributed by atoms with Crippen molar-refractivity contribution in [3.8, 4) is 5.75 Å². The maximum absolute atomic E-state index is 11.4. The number of carbonyl (C=O) groups excluding carboxylic acids is 1. The molecule has 0 bridgehead atoms. The van der Waals surface area contributed by atoms with E-state index in [1.54, 1.807) is 10.9 Å². The average Bonchev–Trinajstić information content (AvgIpc) is 2.37. The fraction of sp³-hybridized carbons (Fsp3) is 0.462. The number of fused-ring (bicyclic) bond motifs is 1. The molecule has 0 saturated carbocycles. The maximum Gasteiger partial charge on any atom is 0.182 e. The summed E-state index contributed by atoms with van der Waals surface area (Å²) in [5, 5.41) is 9.82. The minimum Gasteiger partial charge on any atom is -0.507 e. The molecule has 2 radical (unpaired) electrons. The number of hydrogen-bond acceptors (Lipinski definition) is 3. The van der Waals surface area contributed by atoms with Crippen LogP contribution in [0.1, 0.15) is 41.3 Å². The number of nitrogens with zero attached hydrogens (tertiary/aromatic N) is 1. The molecule has 0 fully saturated rings. The van der Waals surface area contributed by atoms with Crippen molar-refractivity contribution in [3.05, 3.63) is 28.8 Å². The van der Waals surface area contributed by atoms with Gasteiger partial charge >= 0.3 is 0 Å². The first-order chi connectivity index (χ1) is 7.99. The van der Waals surface area contributed by atoms with Crippen LogP contribution in [-0.4, -0.2) is 36.8 Å². The van der Waals surface area contributed by atoms with Gasteiger partial charge in [0.2, 0.25) is 0 Å². The molecule has 1 aliphatic rings. The van der Waals surface area contributed by atoms with Crippen LogP contribution in [0.25, 0.3) is 0 Å². The van der Waals surface area contributed by atoms with Gasteiger partial charge < -0.3 is 9.92 Å². The smallest absolute Gasteiger partial charge is 0.182 e. The first-order valence-electron chi connectivity index (χ1n) is 5.85. The molecule has 1 N–H and O–H groups in total. The Labute approximate surface area is 103 Å². The highest BCUT2D eigenvalue weighted by Gasteiger charge is 2.20. The number of phenols is 1. The van der Waals surface area contributed by atoms with Crippen LogP contribution in [0.2, 0.25) is 0 Å². The van der Waals surface area contributed by atoms with Gasteiger partial charge in [-0.1, -0.05) is 6.92 Å². The van der Waals surface area contributed by atoms with E-state index in [-0.39, 0.29) is 17.5 Å². The molecule has 1 unspecified atom stereocenters. The third-order valence-corrected chi connectivity index (χ3v) is 3.34. The monoisotopic (exact) mass is 229 g/mol. The minimum atomic E-state index is -0.105. The Balaban J connectivity index is 2.50. The van der Waals surface area contributed by atoms with E-state index in [1.807, 2.05) is 6.07 Å². The highest BCUT2D eigenvalue weighted by Crippen LogP contribution is 2.30. The van der Waals surface area contributed by atoms with E-state index in [4.69, 9.17) is 7.98 Å². The number of hydrogen-bond donors (Lipinski definition) is 1. The summed E-state index contributed by atoms with van der Waals surface area (Å²) in [5.74, 6) is 0.247. The highest BCUT2D eigenvalue weighted by molar-refractivity contribution is 6.04. The second kappa shape index (κ2) is 4.53. The predicted octanol–water partition coefficient (Wildman–Crippen LogP) is 1.64. The fourth-order valence-electron chi connectivity index (χ4n) is 2.41. The van der Waals surface area contributed by atoms with Gasteiger partial charge in [0.1, 0.15) is 5.75 Å². The number of benzene rings is 1. The molecular formula is C13H16BNO2. The van der Waals surface area contributed by atoms with Crippen LogP contribution in [-0.2, 0) is 6.42 Å². The zero-order valence-electron chi connectivity index (χ0n) is 10.2. The summed E-state index contributed by atoms with van der Waals surface area (Å²) >= 11 is 0. The molecule has 0 spiro atoms. The van der Waals surface area contributed by atoms with Gasteiger partial charge in [-0.2, -0.15) is 0 Å². The van der Waals surface area contributed by atoms with E-state index in [2.05, 4.69) is 6.92 Å². The van der Waals surface area contributed by atoms with Gasteiger partial charge in [-0.05, 0) is 55.6 Å². The van der Waals surface area contributed by atoms with Crippen molar-refractivity contribution in [2.45, 2.75) is 26.2 Å². The molecule has 1 heterocycles. The third kappa shape index (κ3) is 2.37. The van der Waals surface area contributed by atoms with Crippen molar-refractivity contribution in [1.29, 1.82) is 0 Å². The van der Waals surface area contributed by atoms with Crippen LogP contribution in [0, 0.1) is 0 Å². The molecule has 1 aliphatic heterocycles. The Morgan fingerprint density at radius 1 is 1.53 bits per heavy atom. The van der Waals surface area contributed by atoms with Gasteiger partial charge in [-0.15, -0.1) is 0 Å². The number of Topliss-reactive ketones (excluding diaryl/α,β-unsaturated/α-hetero) is 1. The van der Waals surface area contributed by atoms with Gasteiger partial charge in [-0.3, -0.25) is 4.79 Å². The lowest BCUT2D eigenvalue weighted by atomic mass is 9.92. The molecule has 1 aromatic carbocycles. The first kappa shape index (κ1) is 12.2. The second-order valence-electron chi connectivity index (χ2n) is 4.77. The van der Waals surface area contributed by atoms with E-state index in [0.717, 1.165) is 30.6 Å². The Morgan fingerprint density at radius 2 is 2.24 bits per heavy atom. The van der Waals surface area contributed by atoms with Crippen LogP contribution >= 0.6 is 0 Å². The van der Waals surface area contributed by atoms with E-state index in [0.29, 0.717) is 5.56 Å². The van der Waals surface area contributed by atoms with Crippen molar-refractivity contribution in [2.75, 3.05) is 13.1 Å². The van der Waals surface area contributed by atoms with E-state index in [9.17, 15) is 9.90 Å². The molecular weight excluding hydrogens is 213 g/mol. The third-order valence-electron chi connectivity index (χ3n) is 3.34. The lowest BCUT2D eigenvalue weighted by Gasteiger charge is -2.18. The normalized spacial score (nSPS) is 20.7. The number of carbonyl (C=O) groups is 1. The highest BCUT2D eigenvalue weighted by atomic mass is 16.3. The van der Waals surface area contributed by atoms with Crippen LogP contribution in [0.15, 0.2) is 12.1 Å². The van der Waals surface area contributed by atoms with Crippen LogP contribution in [0.3, 0.4) is 0 Å². The largest absolute Gasteiger partial charge is 0.507 e. The molecule has 4 heteroatoms. The first-order valence-corrected chi connectivity index (χ1v) is 5.85. The van der Waals surface area contributed by atoms with Gasteiger partial charge in [0.15, 0.2) is 13.8 Å². The summed E-state index contributed by atoms with van der Waals surface area (Å²) < 4.78 is 0. The van der Waals surface area contributed by atoms with Crippen LogP contribution < -0.4 is 0 Å². The van der Waals surface area contributed by atoms with Gasteiger partial charge in [-0.25, -0.2) is 0 Å². The summed E-state index contributed by atoms with van der Waals surface area (Å²) in [6.07, 6.45) is 0.807.